The van der Waals surface area contributed by atoms with Gasteiger partial charge in [0.05, 0.1) is 6.61 Å². The number of hydrogen-bond donors (Lipinski definition) is 0. The van der Waals surface area contributed by atoms with Crippen molar-refractivity contribution in [2.45, 2.75) is 6.61 Å². The Morgan fingerprint density at radius 3 is 2.33 bits per heavy atom. The summed E-state index contributed by atoms with van der Waals surface area (Å²) in [6.45, 7) is 1.68. The minimum Gasteiger partial charge on any atom is -0.693 e. The Bertz CT molecular complexity index is 203. The van der Waals surface area contributed by atoms with Crippen LogP contribution >= 0.6 is 0 Å². The van der Waals surface area contributed by atoms with Gasteiger partial charge in [-0.15, -0.1) is 0 Å². The third-order valence-corrected chi connectivity index (χ3v) is 1.14. The Labute approximate surface area is 97.0 Å². The second-order valence-corrected chi connectivity index (χ2v) is 1.86. The van der Waals surface area contributed by atoms with Crippen molar-refractivity contribution in [2.24, 2.45) is 0 Å². The van der Waals surface area contributed by atoms with Crippen molar-refractivity contribution in [1.82, 2.24) is 0 Å². The molecule has 0 spiro atoms. The largest absolute Gasteiger partial charge is 0.693 e. The van der Waals surface area contributed by atoms with E-state index in [2.05, 4.69) is 4.74 Å². The molecule has 1 rings (SSSR count). The monoisotopic (exact) mass is 240 g/mol. The van der Waals surface area contributed by atoms with Gasteiger partial charge in [-0.2, -0.15) is 0 Å². The quantitative estimate of drug-likeness (QED) is 0.758. The van der Waals surface area contributed by atoms with Crippen molar-refractivity contribution in [3.05, 3.63) is 42.0 Å². The Morgan fingerprint density at radius 2 is 1.83 bits per heavy atom. The van der Waals surface area contributed by atoms with Gasteiger partial charge < -0.3 is 15.7 Å². The first-order chi connectivity index (χ1) is 4.93. The summed E-state index contributed by atoms with van der Waals surface area (Å²) in [5, 5.41) is 0. The minimum absolute atomic E-state index is 0. The van der Waals surface area contributed by atoms with E-state index in [1.165, 1.54) is 6.47 Å². The second-order valence-electron chi connectivity index (χ2n) is 1.86. The third-order valence-electron chi connectivity index (χ3n) is 1.14. The van der Waals surface area contributed by atoms with Gasteiger partial charge in [-0.1, -0.05) is 36.8 Å². The van der Waals surface area contributed by atoms with E-state index in [0.717, 1.165) is 5.56 Å². The molecule has 0 amide bonds. The molecular formula is C8H9NO2Y-2. The van der Waals surface area contributed by atoms with Gasteiger partial charge in [-0.3, -0.25) is 0 Å². The van der Waals surface area contributed by atoms with Crippen LogP contribution in [0, 0.1) is 0 Å². The molecule has 0 heterocycles. The van der Waals surface area contributed by atoms with Gasteiger partial charge in [0, 0.05) is 32.7 Å². The average molecular weight is 240 g/mol. The predicted octanol–water partition coefficient (Wildman–Crippen LogP) is 1.98. The molecule has 0 fully saturated rings. The Kier molecular flexibility index (Phi) is 10.5. The second kappa shape index (κ2) is 8.85. The first kappa shape index (κ1) is 14.3. The van der Waals surface area contributed by atoms with E-state index >= 15 is 0 Å². The van der Waals surface area contributed by atoms with E-state index in [1.54, 1.807) is 0 Å². The van der Waals surface area contributed by atoms with Gasteiger partial charge in [0.2, 0.25) is 0 Å². The fourth-order valence-corrected chi connectivity index (χ4v) is 0.687. The fourth-order valence-electron chi connectivity index (χ4n) is 0.687. The van der Waals surface area contributed by atoms with Crippen LogP contribution in [0.2, 0.25) is 0 Å². The topological polar surface area (TPSA) is 59.8 Å². The molecule has 0 aliphatic rings. The number of benzene rings is 1. The van der Waals surface area contributed by atoms with Crippen molar-refractivity contribution in [3.63, 3.8) is 0 Å². The van der Waals surface area contributed by atoms with Crippen LogP contribution < -0.4 is 0 Å². The van der Waals surface area contributed by atoms with Crippen molar-refractivity contribution in [1.29, 1.82) is 0 Å². The molecule has 0 bridgehead atoms. The van der Waals surface area contributed by atoms with Gasteiger partial charge in [0.1, 0.15) is 0 Å². The minimum atomic E-state index is 0. The molecule has 12 heavy (non-hydrogen) atoms. The van der Waals surface area contributed by atoms with Crippen LogP contribution in [-0.4, -0.2) is 6.47 Å². The molecule has 63 valence electrons. The first-order valence-corrected chi connectivity index (χ1v) is 2.96. The van der Waals surface area contributed by atoms with Crippen LogP contribution in [0.4, 0.5) is 0 Å². The van der Waals surface area contributed by atoms with Gasteiger partial charge in [-0.05, 0) is 5.56 Å². The molecule has 4 heteroatoms. The summed E-state index contributed by atoms with van der Waals surface area (Å²) in [6.07, 6.45) is 0. The molecule has 1 aromatic rings. The first-order valence-electron chi connectivity index (χ1n) is 2.96. The summed E-state index contributed by atoms with van der Waals surface area (Å²) < 4.78 is 4.41. The molecule has 3 nitrogen and oxygen atoms in total. The molecule has 0 unspecified atom stereocenters. The summed E-state index contributed by atoms with van der Waals surface area (Å²) >= 11 is 0. The van der Waals surface area contributed by atoms with Gasteiger partial charge in [0.25, 0.3) is 0 Å². The number of hydrogen-bond acceptors (Lipinski definition) is 2. The number of rotatable bonds is 3. The standard InChI is InChI=1S/C8H7O2.H2N.Y/c9-7-10-6-8-4-2-1-3-5-8;;/h1-5H,6H2;1H2;/q2*-1;. The average Bonchev–Trinajstić information content (AvgIpc) is 2.03. The zero-order valence-corrected chi connectivity index (χ0v) is 9.40. The van der Waals surface area contributed by atoms with Crippen LogP contribution in [0.5, 0.6) is 0 Å². The van der Waals surface area contributed by atoms with Crippen LogP contribution in [0.1, 0.15) is 5.56 Å². The maximum atomic E-state index is 9.63. The van der Waals surface area contributed by atoms with E-state index < -0.39 is 0 Å². The molecule has 0 saturated heterocycles. The fraction of sp³-hybridized carbons (Fsp3) is 0.125. The number of nitrogens with two attached hydrogens (primary N) is 1. The number of carbonyl (C=O) groups excluding carboxylic acids is 1. The van der Waals surface area contributed by atoms with E-state index in [9.17, 15) is 4.79 Å². The summed E-state index contributed by atoms with van der Waals surface area (Å²) in [5.74, 6) is 0. The molecular weight excluding hydrogens is 231 g/mol. The predicted molar refractivity (Wildman–Crippen MR) is 42.2 cm³/mol. The smallest absolute Gasteiger partial charge is 0.0745 e. The van der Waals surface area contributed by atoms with Crippen LogP contribution in [0.15, 0.2) is 30.3 Å². The van der Waals surface area contributed by atoms with Crippen molar-refractivity contribution >= 4 is 6.47 Å². The van der Waals surface area contributed by atoms with E-state index in [1.807, 2.05) is 30.3 Å². The SMILES string of the molecule is O=[C-]OCc1ccccc1.[NH2-].[Y]. The van der Waals surface area contributed by atoms with Gasteiger partial charge in [0.15, 0.2) is 0 Å². The molecule has 1 aromatic carbocycles. The number of ether oxygens (including phenoxy) is 1. The normalized spacial score (nSPS) is 7.33. The van der Waals surface area contributed by atoms with Crippen molar-refractivity contribution in [2.75, 3.05) is 0 Å². The Hall–Kier alpha value is -0.246. The molecule has 1 radical (unpaired) electrons. The molecule has 0 aromatic heterocycles. The van der Waals surface area contributed by atoms with Crippen LogP contribution in [0.25, 0.3) is 6.15 Å². The van der Waals surface area contributed by atoms with Gasteiger partial charge >= 0.3 is 0 Å². The van der Waals surface area contributed by atoms with E-state index in [4.69, 9.17) is 0 Å². The summed E-state index contributed by atoms with van der Waals surface area (Å²) in [6, 6.07) is 9.47. The molecule has 0 atom stereocenters. The van der Waals surface area contributed by atoms with E-state index in [0.29, 0.717) is 6.61 Å². The molecule has 2 N–H and O–H groups in total. The molecule has 0 aliphatic heterocycles. The molecule has 0 aliphatic carbocycles. The third kappa shape index (κ3) is 5.41. The zero-order chi connectivity index (χ0) is 7.23. The van der Waals surface area contributed by atoms with Crippen LogP contribution in [0.3, 0.4) is 0 Å². The Balaban J connectivity index is 0. The summed E-state index contributed by atoms with van der Waals surface area (Å²) in [5.41, 5.74) is 0.978. The van der Waals surface area contributed by atoms with Crippen LogP contribution in [-0.2, 0) is 48.8 Å². The zero-order valence-electron chi connectivity index (χ0n) is 6.57. The van der Waals surface area contributed by atoms with Crippen molar-refractivity contribution < 1.29 is 42.2 Å². The Morgan fingerprint density at radius 1 is 1.25 bits per heavy atom. The molecule has 0 saturated carbocycles. The van der Waals surface area contributed by atoms with Crippen molar-refractivity contribution in [3.8, 4) is 0 Å². The summed E-state index contributed by atoms with van der Waals surface area (Å²) in [4.78, 5) is 9.63. The van der Waals surface area contributed by atoms with Gasteiger partial charge in [-0.25, -0.2) is 0 Å². The maximum absolute atomic E-state index is 9.63. The maximum Gasteiger partial charge on any atom is 0.0745 e. The summed E-state index contributed by atoms with van der Waals surface area (Å²) in [7, 11) is 0. The van der Waals surface area contributed by atoms with E-state index in [-0.39, 0.29) is 38.9 Å².